The first-order valence-corrected chi connectivity index (χ1v) is 13.8. The Bertz CT molecular complexity index is 1430. The minimum atomic E-state index is -0.501. The topological polar surface area (TPSA) is 90.4 Å². The molecule has 204 valence electrons. The number of rotatable bonds is 7. The molecule has 1 aromatic heterocycles. The first-order valence-electron chi connectivity index (χ1n) is 13.8. The van der Waals surface area contributed by atoms with Crippen molar-refractivity contribution in [1.82, 2.24) is 15.2 Å². The fourth-order valence-electron chi connectivity index (χ4n) is 6.79. The number of likely N-dealkylation sites (tertiary alicyclic amines) is 1. The predicted molar refractivity (Wildman–Crippen MR) is 146 cm³/mol. The Hall–Kier alpha value is -3.41. The van der Waals surface area contributed by atoms with Gasteiger partial charge in [-0.25, -0.2) is 4.39 Å². The third kappa shape index (κ3) is 4.79. The smallest absolute Gasteiger partial charge is 0.254 e. The van der Waals surface area contributed by atoms with Crippen LogP contribution in [0.15, 0.2) is 36.5 Å². The van der Waals surface area contributed by atoms with Crippen molar-refractivity contribution in [3.8, 4) is 11.8 Å². The normalized spacial score (nSPS) is 25.2. The van der Waals surface area contributed by atoms with E-state index in [0.29, 0.717) is 32.2 Å². The summed E-state index contributed by atoms with van der Waals surface area (Å²) in [5.41, 5.74) is 4.38. The summed E-state index contributed by atoms with van der Waals surface area (Å²) in [6.45, 7) is 5.34. The molecule has 1 atom stereocenters. The number of nitriles is 1. The standard InChI is InChI=1S/C31H35FN4O3/c1-19-9-28(38-2)25(23-5-7-34-29(19)23)16-36-8-6-31(11-20(12-31)14-33)13-27(36)22-3-4-24(26(32)10-22)30(37)35-15-21-17-39-18-21/h3-5,7,9-10,20-21,27,34H,6,8,11-13,15-18H2,1-2H3,(H,35,37)/t20?,27-,31?/m0/s1. The van der Waals surface area contributed by atoms with Gasteiger partial charge in [-0.3, -0.25) is 9.69 Å². The molecular formula is C31H35FN4O3. The molecule has 1 spiro atoms. The molecule has 3 fully saturated rings. The number of methoxy groups -OCH3 is 1. The average Bonchev–Trinajstić information content (AvgIpc) is 3.38. The van der Waals surface area contributed by atoms with E-state index >= 15 is 4.39 Å². The molecule has 1 saturated carbocycles. The van der Waals surface area contributed by atoms with Gasteiger partial charge in [-0.2, -0.15) is 5.26 Å². The van der Waals surface area contributed by atoms with Crippen LogP contribution in [-0.4, -0.2) is 49.2 Å². The van der Waals surface area contributed by atoms with E-state index in [0.717, 1.165) is 65.6 Å². The lowest BCUT2D eigenvalue weighted by Gasteiger charge is -2.53. The number of nitrogens with zero attached hydrogens (tertiary/aromatic N) is 2. The summed E-state index contributed by atoms with van der Waals surface area (Å²) in [6, 6.07) is 11.6. The Labute approximate surface area is 228 Å². The number of aryl methyl sites for hydroxylation is 1. The second kappa shape index (κ2) is 10.3. The summed E-state index contributed by atoms with van der Waals surface area (Å²) in [7, 11) is 1.70. The van der Waals surface area contributed by atoms with Gasteiger partial charge in [0.1, 0.15) is 11.6 Å². The minimum Gasteiger partial charge on any atom is -0.496 e. The van der Waals surface area contributed by atoms with Crippen LogP contribution in [0, 0.1) is 41.3 Å². The number of carbonyl (C=O) groups is 1. The van der Waals surface area contributed by atoms with E-state index < -0.39 is 11.7 Å². The Morgan fingerprint density at radius 2 is 2.10 bits per heavy atom. The number of amides is 1. The quantitative estimate of drug-likeness (QED) is 0.435. The fourth-order valence-corrected chi connectivity index (χ4v) is 6.79. The number of fused-ring (bicyclic) bond motifs is 1. The fraction of sp³-hybridized carbons (Fsp3) is 0.484. The van der Waals surface area contributed by atoms with Gasteiger partial charge in [-0.1, -0.05) is 6.07 Å². The van der Waals surface area contributed by atoms with Gasteiger partial charge in [0.05, 0.1) is 32.0 Å². The monoisotopic (exact) mass is 530 g/mol. The number of piperidine rings is 1. The molecule has 2 aromatic carbocycles. The Morgan fingerprint density at radius 1 is 1.28 bits per heavy atom. The summed E-state index contributed by atoms with van der Waals surface area (Å²) in [4.78, 5) is 18.4. The van der Waals surface area contributed by atoms with Crippen molar-refractivity contribution in [1.29, 1.82) is 5.26 Å². The number of aromatic amines is 1. The van der Waals surface area contributed by atoms with Crippen LogP contribution >= 0.6 is 0 Å². The number of hydrogen-bond acceptors (Lipinski definition) is 5. The van der Waals surface area contributed by atoms with Gasteiger partial charge >= 0.3 is 0 Å². The van der Waals surface area contributed by atoms with Crippen LogP contribution in [0.1, 0.15) is 58.8 Å². The van der Waals surface area contributed by atoms with Crippen LogP contribution < -0.4 is 10.1 Å². The van der Waals surface area contributed by atoms with E-state index in [1.54, 1.807) is 13.2 Å². The summed E-state index contributed by atoms with van der Waals surface area (Å²) >= 11 is 0. The van der Waals surface area contributed by atoms with Gasteiger partial charge in [0, 0.05) is 53.6 Å². The van der Waals surface area contributed by atoms with E-state index in [4.69, 9.17) is 9.47 Å². The van der Waals surface area contributed by atoms with Gasteiger partial charge in [-0.05, 0) is 80.0 Å². The molecule has 0 unspecified atom stereocenters. The number of aromatic nitrogens is 1. The number of H-pyrrole nitrogens is 1. The highest BCUT2D eigenvalue weighted by Crippen LogP contribution is 2.57. The third-order valence-electron chi connectivity index (χ3n) is 9.11. The van der Waals surface area contributed by atoms with Gasteiger partial charge in [0.2, 0.25) is 0 Å². The minimum absolute atomic E-state index is 0.0304. The highest BCUT2D eigenvalue weighted by Gasteiger charge is 2.49. The van der Waals surface area contributed by atoms with Gasteiger partial charge in [0.15, 0.2) is 0 Å². The average molecular weight is 531 g/mol. The molecule has 2 saturated heterocycles. The SMILES string of the molecule is COc1cc(C)c2[nH]ccc2c1CN1CCC2(CC(C#N)C2)C[C@H]1c1ccc(C(=O)NCC2COC2)c(F)c1. The van der Waals surface area contributed by atoms with Gasteiger partial charge in [0.25, 0.3) is 5.91 Å². The van der Waals surface area contributed by atoms with Crippen molar-refractivity contribution in [2.24, 2.45) is 17.3 Å². The van der Waals surface area contributed by atoms with E-state index in [1.165, 1.54) is 6.07 Å². The predicted octanol–water partition coefficient (Wildman–Crippen LogP) is 5.26. The van der Waals surface area contributed by atoms with Crippen molar-refractivity contribution < 1.29 is 18.7 Å². The zero-order chi connectivity index (χ0) is 27.1. The lowest BCUT2D eigenvalue weighted by atomic mass is 9.56. The molecule has 1 aliphatic carbocycles. The zero-order valence-corrected chi connectivity index (χ0v) is 22.6. The molecule has 0 bridgehead atoms. The molecule has 7 nitrogen and oxygen atoms in total. The van der Waals surface area contributed by atoms with Crippen molar-refractivity contribution in [2.75, 3.05) is 33.4 Å². The van der Waals surface area contributed by atoms with Crippen LogP contribution in [0.4, 0.5) is 4.39 Å². The Balaban J connectivity index is 1.29. The maximum Gasteiger partial charge on any atom is 0.254 e. The molecule has 3 heterocycles. The van der Waals surface area contributed by atoms with E-state index in [9.17, 15) is 10.1 Å². The summed E-state index contributed by atoms with van der Waals surface area (Å²) in [6.07, 6.45) is 5.63. The second-order valence-electron chi connectivity index (χ2n) is 11.7. The van der Waals surface area contributed by atoms with Crippen molar-refractivity contribution in [3.05, 3.63) is 64.6 Å². The van der Waals surface area contributed by atoms with Gasteiger partial charge in [-0.15, -0.1) is 0 Å². The van der Waals surface area contributed by atoms with E-state index in [1.807, 2.05) is 12.3 Å². The van der Waals surface area contributed by atoms with Gasteiger partial charge < -0.3 is 19.8 Å². The summed E-state index contributed by atoms with van der Waals surface area (Å²) < 4.78 is 26.4. The Morgan fingerprint density at radius 3 is 2.79 bits per heavy atom. The highest BCUT2D eigenvalue weighted by molar-refractivity contribution is 5.94. The number of nitrogens with one attached hydrogen (secondary N) is 2. The van der Waals surface area contributed by atoms with Crippen molar-refractivity contribution >= 4 is 16.8 Å². The summed E-state index contributed by atoms with van der Waals surface area (Å²) in [5, 5.41) is 13.4. The molecule has 3 aliphatic rings. The first-order chi connectivity index (χ1) is 18.9. The molecule has 3 aromatic rings. The van der Waals surface area contributed by atoms with Crippen molar-refractivity contribution in [3.63, 3.8) is 0 Å². The molecule has 8 heteroatoms. The number of hydrogen-bond donors (Lipinski definition) is 2. The third-order valence-corrected chi connectivity index (χ3v) is 9.11. The van der Waals surface area contributed by atoms with E-state index in [2.05, 4.69) is 40.3 Å². The van der Waals surface area contributed by atoms with E-state index in [-0.39, 0.29) is 22.9 Å². The molecule has 2 aliphatic heterocycles. The molecule has 1 amide bonds. The number of benzene rings is 2. The molecule has 0 radical (unpaired) electrons. The molecule has 6 rings (SSSR count). The first kappa shape index (κ1) is 25.8. The number of carbonyl (C=O) groups excluding carboxylic acids is 1. The molecule has 2 N–H and O–H groups in total. The zero-order valence-electron chi connectivity index (χ0n) is 22.6. The van der Waals surface area contributed by atoms with Crippen LogP contribution in [0.3, 0.4) is 0 Å². The van der Waals surface area contributed by atoms with Crippen LogP contribution in [0.25, 0.3) is 10.9 Å². The second-order valence-corrected chi connectivity index (χ2v) is 11.7. The summed E-state index contributed by atoms with van der Waals surface area (Å²) in [5.74, 6) is 0.366. The molecular weight excluding hydrogens is 495 g/mol. The largest absolute Gasteiger partial charge is 0.496 e. The molecule has 39 heavy (non-hydrogen) atoms. The van der Waals surface area contributed by atoms with Crippen LogP contribution in [0.5, 0.6) is 5.75 Å². The van der Waals surface area contributed by atoms with Crippen LogP contribution in [-0.2, 0) is 11.3 Å². The lowest BCUT2D eigenvalue weighted by molar-refractivity contribution is -0.0301. The Kier molecular flexibility index (Phi) is 6.82. The lowest BCUT2D eigenvalue weighted by Crippen LogP contribution is -2.48. The maximum atomic E-state index is 15.4. The number of ether oxygens (including phenoxy) is 2. The highest BCUT2D eigenvalue weighted by atomic mass is 19.1. The maximum absolute atomic E-state index is 15.4. The van der Waals surface area contributed by atoms with Crippen molar-refractivity contribution in [2.45, 2.75) is 45.2 Å². The van der Waals surface area contributed by atoms with Crippen LogP contribution in [0.2, 0.25) is 0 Å². The number of halogens is 1.